The Kier molecular flexibility index (Phi) is 71.3. The third-order valence-corrected chi connectivity index (χ3v) is 17.6. The molecule has 4 N–H and O–H groups in total. The first kappa shape index (κ1) is 96.2. The summed E-state index contributed by atoms with van der Waals surface area (Å²) in [7, 11) is -9.81. The normalized spacial score (nSPS) is 14.9. The van der Waals surface area contributed by atoms with Crippen molar-refractivity contribution >= 4 is 33.6 Å². The van der Waals surface area contributed by atoms with Crippen molar-refractivity contribution in [2.75, 3.05) is 39.6 Å². The number of rotatable bonds is 72. The second kappa shape index (κ2) is 74.9. The van der Waals surface area contributed by atoms with Crippen molar-refractivity contribution in [3.05, 3.63) is 158 Å². The Balaban J connectivity index is 4.70. The van der Waals surface area contributed by atoms with Crippen LogP contribution in [0.5, 0.6) is 0 Å². The summed E-state index contributed by atoms with van der Waals surface area (Å²) < 4.78 is 61.1. The van der Waals surface area contributed by atoms with Crippen molar-refractivity contribution in [2.24, 2.45) is 0 Å². The van der Waals surface area contributed by atoms with Gasteiger partial charge in [-0.2, -0.15) is 0 Å². The Morgan fingerprint density at radius 3 is 0.832 bits per heavy atom. The number of carbonyl (C=O) groups is 3. The first-order valence-corrected chi connectivity index (χ1v) is 41.8. The van der Waals surface area contributed by atoms with Crippen LogP contribution in [0.3, 0.4) is 0 Å². The lowest BCUT2D eigenvalue weighted by Crippen LogP contribution is -2.30. The van der Waals surface area contributed by atoms with E-state index in [1.54, 1.807) is 0 Å². The predicted octanol–water partition coefficient (Wildman–Crippen LogP) is 22.6. The van der Waals surface area contributed by atoms with E-state index >= 15 is 0 Å². The second-order valence-electron chi connectivity index (χ2n) is 25.4. The van der Waals surface area contributed by atoms with E-state index in [-0.39, 0.29) is 19.3 Å². The van der Waals surface area contributed by atoms with E-state index < -0.39 is 91.5 Å². The largest absolute Gasteiger partial charge is 0.472 e. The number of hydrogen-bond donors (Lipinski definition) is 4. The molecule has 0 heterocycles. The van der Waals surface area contributed by atoms with Crippen molar-refractivity contribution < 1.29 is 75.8 Å². The van der Waals surface area contributed by atoms with Crippen molar-refractivity contribution in [1.82, 2.24) is 0 Å². The number of phosphoric ester groups is 2. The molecule has 16 nitrogen and oxygen atoms in total. The molecule has 0 aliphatic carbocycles. The fraction of sp³-hybridized carbons (Fsp3) is 0.651. The average Bonchev–Trinajstić information content (AvgIpc) is 0.990. The molecule has 0 aliphatic heterocycles. The van der Waals surface area contributed by atoms with Crippen molar-refractivity contribution in [1.29, 1.82) is 0 Å². The van der Waals surface area contributed by atoms with Gasteiger partial charge in [0.25, 0.3) is 0 Å². The lowest BCUT2D eigenvalue weighted by atomic mass is 10.1. The molecule has 0 fully saturated rings. The van der Waals surface area contributed by atoms with Gasteiger partial charge in [-0.3, -0.25) is 32.5 Å². The number of esters is 3. The van der Waals surface area contributed by atoms with E-state index in [9.17, 15) is 43.5 Å². The van der Waals surface area contributed by atoms with Gasteiger partial charge >= 0.3 is 33.6 Å². The van der Waals surface area contributed by atoms with Crippen LogP contribution in [-0.4, -0.2) is 95.9 Å². The molecular weight excluding hydrogens is 1310 g/mol. The number of allylic oxidation sites excluding steroid dienone is 26. The van der Waals surface area contributed by atoms with Crippen LogP contribution in [0.15, 0.2) is 158 Å². The Bertz CT molecular complexity index is 2470. The minimum atomic E-state index is -4.95. The maximum atomic E-state index is 13.0. The molecule has 5 atom stereocenters. The number of hydrogen-bond acceptors (Lipinski definition) is 14. The Morgan fingerprint density at radius 1 is 0.287 bits per heavy atom. The first-order chi connectivity index (χ1) is 49.2. The summed E-state index contributed by atoms with van der Waals surface area (Å²) in [5, 5.41) is 20.6. The van der Waals surface area contributed by atoms with Crippen molar-refractivity contribution in [2.45, 2.75) is 309 Å². The van der Waals surface area contributed by atoms with Crippen LogP contribution in [0.2, 0.25) is 0 Å². The molecule has 18 heteroatoms. The van der Waals surface area contributed by atoms with Gasteiger partial charge in [-0.25, -0.2) is 9.13 Å². The van der Waals surface area contributed by atoms with E-state index in [4.69, 9.17) is 32.3 Å². The van der Waals surface area contributed by atoms with Crippen molar-refractivity contribution in [3.8, 4) is 0 Å². The fourth-order valence-electron chi connectivity index (χ4n) is 9.87. The molecule has 0 aromatic heterocycles. The highest BCUT2D eigenvalue weighted by molar-refractivity contribution is 7.47. The minimum absolute atomic E-state index is 0.0785. The van der Waals surface area contributed by atoms with Gasteiger partial charge in [0, 0.05) is 19.3 Å². The summed E-state index contributed by atoms with van der Waals surface area (Å²) >= 11 is 0. The molecule has 0 aromatic carbocycles. The molecule has 0 aromatic rings. The van der Waals surface area contributed by atoms with Crippen LogP contribution in [0, 0.1) is 0 Å². The number of aliphatic hydroxyl groups is 2. The zero-order valence-electron chi connectivity index (χ0n) is 62.8. The highest BCUT2D eigenvalue weighted by atomic mass is 31.2. The summed E-state index contributed by atoms with van der Waals surface area (Å²) in [5.41, 5.74) is 0. The van der Waals surface area contributed by atoms with Crippen LogP contribution in [0.1, 0.15) is 290 Å². The summed E-state index contributed by atoms with van der Waals surface area (Å²) in [4.78, 5) is 58.7. The number of carbonyl (C=O) groups excluding carboxylic acids is 3. The number of ether oxygens (including phenoxy) is 3. The van der Waals surface area contributed by atoms with E-state index in [2.05, 4.69) is 179 Å². The second-order valence-corrected chi connectivity index (χ2v) is 28.3. The SMILES string of the molecule is CC/C=C\C/C=C\C/C=C\C/C=C\C/C=C\CCCCCCCCCCCC(=O)OCC(O)COP(=O)(O)OCC(O)COP(=O)(O)OCC(COC(=O)CCCCCCC/C=C\C/C=C\C/C=C\C/C=C\CCCCC)OC(=O)CCCCCCCC/C=C\C/C=C\C/C=C\C/C=C\CC. The number of unbranched alkanes of at least 4 members (excludes halogenated alkanes) is 23. The lowest BCUT2D eigenvalue weighted by molar-refractivity contribution is -0.161. The quantitative estimate of drug-likeness (QED) is 0.0146. The molecule has 0 rings (SSSR count). The molecule has 0 amide bonds. The Morgan fingerprint density at radius 2 is 0.525 bits per heavy atom. The standard InChI is InChI=1S/C83H138O16P2/c1-4-7-10-13-16-19-22-25-28-31-34-36-37-38-39-41-44-45-48-51-54-57-60-63-66-69-81(86)93-72-78(84)73-95-100(89,90)96-74-79(85)75-97-101(91,92)98-77-80(99-83(88)71-68-65-62-59-56-53-50-47-42-33-30-27-24-21-18-15-12-9-6-3)76-94-82(87)70-67-64-61-58-55-52-49-46-43-40-35-32-29-26-23-20-17-14-11-8-5-2/h7,9-10,12,16-21,25-30,34-36,38-40,42,46-47,49,78-80,84-85H,4-6,8,11,13-15,22-24,31-33,37,41,43-45,48,50-77H2,1-3H3,(H,89,90)(H,91,92)/b10-7-,12-9-,19-16-,20-17-,21-18-,28-25-,29-26-,30-27-,36-34-,39-38-,40-35-,47-42-,49-46-. The summed E-state index contributed by atoms with van der Waals surface area (Å²) in [6.07, 6.45) is 92.7. The van der Waals surface area contributed by atoms with E-state index in [1.807, 2.05) is 0 Å². The monoisotopic (exact) mass is 1450 g/mol. The van der Waals surface area contributed by atoms with Crippen LogP contribution in [0.25, 0.3) is 0 Å². The third-order valence-electron chi connectivity index (χ3n) is 15.7. The van der Waals surface area contributed by atoms with Gasteiger partial charge in [-0.15, -0.1) is 0 Å². The molecule has 0 bridgehead atoms. The minimum Gasteiger partial charge on any atom is -0.463 e. The predicted molar refractivity (Wildman–Crippen MR) is 417 cm³/mol. The summed E-state index contributed by atoms with van der Waals surface area (Å²) in [6, 6.07) is 0. The summed E-state index contributed by atoms with van der Waals surface area (Å²) in [6.45, 7) is 2.37. The first-order valence-electron chi connectivity index (χ1n) is 38.8. The van der Waals surface area contributed by atoms with Gasteiger partial charge in [-0.05, 0) is 148 Å². The molecule has 0 radical (unpaired) electrons. The summed E-state index contributed by atoms with van der Waals surface area (Å²) in [5.74, 6) is -1.62. The maximum absolute atomic E-state index is 13.0. The van der Waals surface area contributed by atoms with E-state index in [0.717, 1.165) is 180 Å². The van der Waals surface area contributed by atoms with Gasteiger partial charge in [0.1, 0.15) is 25.4 Å². The molecule has 0 saturated carbocycles. The van der Waals surface area contributed by atoms with Gasteiger partial charge < -0.3 is 34.2 Å². The zero-order valence-corrected chi connectivity index (χ0v) is 64.6. The molecule has 576 valence electrons. The van der Waals surface area contributed by atoms with Crippen LogP contribution < -0.4 is 0 Å². The smallest absolute Gasteiger partial charge is 0.463 e. The van der Waals surface area contributed by atoms with Crippen LogP contribution >= 0.6 is 15.6 Å². The lowest BCUT2D eigenvalue weighted by Gasteiger charge is -2.21. The topological polar surface area (TPSA) is 231 Å². The molecule has 101 heavy (non-hydrogen) atoms. The van der Waals surface area contributed by atoms with Crippen LogP contribution in [-0.2, 0) is 55.8 Å². The highest BCUT2D eigenvalue weighted by Crippen LogP contribution is 2.45. The Hall–Kier alpha value is -4.83. The van der Waals surface area contributed by atoms with E-state index in [1.165, 1.54) is 51.4 Å². The fourth-order valence-corrected chi connectivity index (χ4v) is 11.5. The van der Waals surface area contributed by atoms with Crippen molar-refractivity contribution in [3.63, 3.8) is 0 Å². The molecular formula is C83H138O16P2. The molecule has 0 aliphatic rings. The molecule has 5 unspecified atom stereocenters. The zero-order chi connectivity index (χ0) is 73.7. The number of aliphatic hydroxyl groups excluding tert-OH is 2. The van der Waals surface area contributed by atoms with Crippen LogP contribution in [0.4, 0.5) is 0 Å². The maximum Gasteiger partial charge on any atom is 0.472 e. The highest BCUT2D eigenvalue weighted by Gasteiger charge is 2.29. The van der Waals surface area contributed by atoms with Gasteiger partial charge in [0.15, 0.2) is 6.10 Å². The Labute approximate surface area is 612 Å². The number of phosphoric acid groups is 2. The van der Waals surface area contributed by atoms with Gasteiger partial charge in [-0.1, -0.05) is 281 Å². The molecule has 0 spiro atoms. The molecule has 0 saturated heterocycles. The van der Waals surface area contributed by atoms with E-state index in [0.29, 0.717) is 19.3 Å². The third kappa shape index (κ3) is 76.1. The average molecular weight is 1450 g/mol. The van der Waals surface area contributed by atoms with Gasteiger partial charge in [0.05, 0.1) is 26.4 Å². The van der Waals surface area contributed by atoms with Gasteiger partial charge in [0.2, 0.25) is 0 Å².